The quantitative estimate of drug-likeness (QED) is 0.0924. The Kier molecular flexibility index (Phi) is 12.4. The number of hydrogen-bond acceptors (Lipinski definition) is 9. The zero-order valence-electron chi connectivity index (χ0n) is 29.9. The van der Waals surface area contributed by atoms with Crippen LogP contribution in [0.3, 0.4) is 0 Å². The Bertz CT molecular complexity index is 2150. The number of aryl methyl sites for hydroxylation is 1. The topological polar surface area (TPSA) is 138 Å². The van der Waals surface area contributed by atoms with Crippen molar-refractivity contribution in [2.24, 2.45) is 0 Å². The highest BCUT2D eigenvalue weighted by molar-refractivity contribution is 9.10. The highest BCUT2D eigenvalue weighted by Crippen LogP contribution is 2.38. The Hall–Kier alpha value is -4.51. The SMILES string of the molecule is N#Cc1cncc(COc2cc(OCc3cccc(-c4cccc5c4cnn5CCCCN4CCC(O)C4)c3Br)c(Cl)cc2CNCC2CCC(=O)N2)c1. The van der Waals surface area contributed by atoms with Crippen molar-refractivity contribution < 1.29 is 19.4 Å². The van der Waals surface area contributed by atoms with Gasteiger partial charge in [-0.1, -0.05) is 41.9 Å². The van der Waals surface area contributed by atoms with E-state index in [9.17, 15) is 15.2 Å². The molecule has 3 aromatic carbocycles. The number of benzene rings is 3. The average Bonchev–Trinajstić information content (AvgIpc) is 3.92. The van der Waals surface area contributed by atoms with E-state index in [2.05, 4.69) is 71.5 Å². The summed E-state index contributed by atoms with van der Waals surface area (Å²) in [7, 11) is 0. The van der Waals surface area contributed by atoms with Crippen molar-refractivity contribution in [3.63, 3.8) is 0 Å². The number of aliphatic hydroxyl groups is 1. The van der Waals surface area contributed by atoms with Gasteiger partial charge in [-0.15, -0.1) is 0 Å². The van der Waals surface area contributed by atoms with Gasteiger partial charge in [0.15, 0.2) is 0 Å². The number of ether oxygens (including phenoxy) is 2. The Labute approximate surface area is 328 Å². The lowest BCUT2D eigenvalue weighted by Gasteiger charge is -2.18. The molecule has 5 aromatic rings. The van der Waals surface area contributed by atoms with Crippen LogP contribution in [0.15, 0.2) is 77.7 Å². The molecule has 11 nitrogen and oxygen atoms in total. The molecule has 2 aliphatic rings. The number of amides is 1. The highest BCUT2D eigenvalue weighted by atomic mass is 79.9. The summed E-state index contributed by atoms with van der Waals surface area (Å²) < 4.78 is 15.7. The molecule has 13 heteroatoms. The number of aromatic nitrogens is 3. The number of nitrogens with one attached hydrogen (secondary N) is 2. The van der Waals surface area contributed by atoms with Gasteiger partial charge in [-0.3, -0.25) is 14.5 Å². The van der Waals surface area contributed by atoms with Crippen LogP contribution in [0.5, 0.6) is 11.5 Å². The minimum atomic E-state index is -0.183. The van der Waals surface area contributed by atoms with Gasteiger partial charge in [-0.05, 0) is 77.5 Å². The molecule has 2 aromatic heterocycles. The molecule has 0 aliphatic carbocycles. The molecule has 54 heavy (non-hydrogen) atoms. The fourth-order valence-electron chi connectivity index (χ4n) is 7.14. The fraction of sp³-hybridized carbons (Fsp3) is 0.366. The maximum absolute atomic E-state index is 11.7. The first-order chi connectivity index (χ1) is 26.3. The van der Waals surface area contributed by atoms with Crippen LogP contribution < -0.4 is 20.1 Å². The van der Waals surface area contributed by atoms with E-state index in [1.165, 1.54) is 6.20 Å². The molecule has 2 aliphatic heterocycles. The minimum absolute atomic E-state index is 0.0756. The zero-order valence-corrected chi connectivity index (χ0v) is 32.3. The van der Waals surface area contributed by atoms with E-state index in [-0.39, 0.29) is 31.3 Å². The van der Waals surface area contributed by atoms with E-state index >= 15 is 0 Å². The lowest BCUT2D eigenvalue weighted by atomic mass is 10.00. The van der Waals surface area contributed by atoms with Crippen LogP contribution in [-0.4, -0.2) is 69.0 Å². The van der Waals surface area contributed by atoms with Crippen molar-refractivity contribution in [3.05, 3.63) is 105 Å². The predicted octanol–water partition coefficient (Wildman–Crippen LogP) is 6.76. The Morgan fingerprint density at radius 2 is 1.83 bits per heavy atom. The first-order valence-electron chi connectivity index (χ1n) is 18.4. The average molecular weight is 813 g/mol. The molecule has 0 bridgehead atoms. The van der Waals surface area contributed by atoms with Gasteiger partial charge < -0.3 is 30.1 Å². The van der Waals surface area contributed by atoms with Crippen molar-refractivity contribution in [2.75, 3.05) is 26.2 Å². The van der Waals surface area contributed by atoms with Gasteiger partial charge >= 0.3 is 0 Å². The van der Waals surface area contributed by atoms with Gasteiger partial charge in [0.2, 0.25) is 5.91 Å². The van der Waals surface area contributed by atoms with E-state index in [0.29, 0.717) is 41.6 Å². The molecule has 4 heterocycles. The van der Waals surface area contributed by atoms with E-state index in [1.807, 2.05) is 24.4 Å². The van der Waals surface area contributed by atoms with Crippen LogP contribution in [0, 0.1) is 11.3 Å². The molecular weight excluding hydrogens is 770 g/mol. The summed E-state index contributed by atoms with van der Waals surface area (Å²) >= 11 is 10.7. The molecule has 0 saturated carbocycles. The predicted molar refractivity (Wildman–Crippen MR) is 211 cm³/mol. The fourth-order valence-corrected chi connectivity index (χ4v) is 7.98. The Balaban J connectivity index is 1.05. The summed E-state index contributed by atoms with van der Waals surface area (Å²) in [6, 6.07) is 20.1. The van der Waals surface area contributed by atoms with E-state index in [0.717, 1.165) is 95.1 Å². The molecular formula is C41H43BrClN7O4. The number of carbonyl (C=O) groups excluding carboxylic acids is 1. The standard InChI is InChI=1S/C41H43BrClN7O4/c42-41-29(5-3-7-34(41)33-6-4-8-37-35(33)23-47-50(37)13-2-1-12-49-14-11-32(51)24-49)26-54-39-17-38(53-25-28-15-27(18-44)19-45-20-28)30(16-36(39)43)21-46-22-31-9-10-40(52)48-31/h3-8,15-17,19-20,23,31-32,46,51H,1-2,9-14,21-22,24-26H2,(H,48,52). The smallest absolute Gasteiger partial charge is 0.220 e. The van der Waals surface area contributed by atoms with Crippen molar-refractivity contribution in [1.82, 2.24) is 30.3 Å². The van der Waals surface area contributed by atoms with Crippen molar-refractivity contribution in [3.8, 4) is 28.7 Å². The summed E-state index contributed by atoms with van der Waals surface area (Å²) in [6.45, 7) is 5.14. The third kappa shape index (κ3) is 9.22. The molecule has 0 spiro atoms. The normalized spacial score (nSPS) is 17.2. The van der Waals surface area contributed by atoms with Crippen LogP contribution in [0.25, 0.3) is 22.0 Å². The van der Waals surface area contributed by atoms with Crippen LogP contribution in [-0.2, 0) is 31.1 Å². The molecule has 1 amide bonds. The Morgan fingerprint density at radius 1 is 1.00 bits per heavy atom. The summed E-state index contributed by atoms with van der Waals surface area (Å²) in [4.78, 5) is 18.2. The lowest BCUT2D eigenvalue weighted by molar-refractivity contribution is -0.119. The second kappa shape index (κ2) is 17.8. The van der Waals surface area contributed by atoms with Crippen LogP contribution in [0.2, 0.25) is 5.02 Å². The van der Waals surface area contributed by atoms with E-state index in [1.54, 1.807) is 18.3 Å². The number of likely N-dealkylation sites (tertiary alicyclic amines) is 1. The number of halogens is 2. The van der Waals surface area contributed by atoms with E-state index in [4.69, 9.17) is 26.2 Å². The molecule has 2 fully saturated rings. The number of nitriles is 1. The summed E-state index contributed by atoms with van der Waals surface area (Å²) in [6.07, 6.45) is 9.25. The van der Waals surface area contributed by atoms with Gasteiger partial charge in [0, 0.05) is 90.2 Å². The number of β-amino-alcohol motifs (C(OH)–C–C–N with tert-alkyl or cyclic N) is 1. The molecule has 2 unspecified atom stereocenters. The molecule has 7 rings (SSSR count). The van der Waals surface area contributed by atoms with Crippen molar-refractivity contribution >= 4 is 44.3 Å². The number of pyridine rings is 1. The molecule has 280 valence electrons. The lowest BCUT2D eigenvalue weighted by Crippen LogP contribution is -2.35. The second-order valence-corrected chi connectivity index (χ2v) is 15.1. The first-order valence-corrected chi connectivity index (χ1v) is 19.6. The largest absolute Gasteiger partial charge is 0.488 e. The second-order valence-electron chi connectivity index (χ2n) is 13.9. The molecule has 0 radical (unpaired) electrons. The Morgan fingerprint density at radius 3 is 2.65 bits per heavy atom. The van der Waals surface area contributed by atoms with Crippen molar-refractivity contribution in [1.29, 1.82) is 5.26 Å². The third-order valence-corrected chi connectivity index (χ3v) is 11.2. The third-order valence-electron chi connectivity index (χ3n) is 10.0. The van der Waals surface area contributed by atoms with E-state index < -0.39 is 0 Å². The molecule has 3 N–H and O–H groups in total. The summed E-state index contributed by atoms with van der Waals surface area (Å²) in [5, 5.41) is 31.8. The summed E-state index contributed by atoms with van der Waals surface area (Å²) in [5.74, 6) is 1.14. The van der Waals surface area contributed by atoms with Gasteiger partial charge in [-0.25, -0.2) is 0 Å². The number of carbonyl (C=O) groups is 1. The van der Waals surface area contributed by atoms with Crippen LogP contribution in [0.4, 0.5) is 0 Å². The maximum Gasteiger partial charge on any atom is 0.220 e. The molecule has 2 atom stereocenters. The van der Waals surface area contributed by atoms with Gasteiger partial charge in [0.05, 0.1) is 28.4 Å². The summed E-state index contributed by atoms with van der Waals surface area (Å²) in [5.41, 5.74) is 6.22. The minimum Gasteiger partial charge on any atom is -0.488 e. The molecule has 2 saturated heterocycles. The number of aliphatic hydroxyl groups excluding tert-OH is 1. The number of nitrogens with zero attached hydrogens (tertiary/aromatic N) is 5. The zero-order chi connectivity index (χ0) is 37.4. The first kappa shape index (κ1) is 37.8. The van der Waals surface area contributed by atoms with Crippen LogP contribution >= 0.6 is 27.5 Å². The van der Waals surface area contributed by atoms with Gasteiger partial charge in [0.1, 0.15) is 30.8 Å². The number of unbranched alkanes of at least 4 members (excludes halogenated alkanes) is 1. The van der Waals surface area contributed by atoms with Gasteiger partial charge in [-0.2, -0.15) is 10.4 Å². The number of fused-ring (bicyclic) bond motifs is 1. The maximum atomic E-state index is 11.7. The van der Waals surface area contributed by atoms with Crippen molar-refractivity contribution in [2.45, 2.75) is 70.6 Å². The number of hydrogen-bond donors (Lipinski definition) is 3. The number of rotatable bonds is 16. The van der Waals surface area contributed by atoms with Gasteiger partial charge in [0.25, 0.3) is 0 Å². The highest BCUT2D eigenvalue weighted by Gasteiger charge is 2.22. The van der Waals surface area contributed by atoms with Crippen LogP contribution in [0.1, 0.15) is 54.4 Å². The monoisotopic (exact) mass is 811 g/mol.